The van der Waals surface area contributed by atoms with E-state index in [-0.39, 0.29) is 6.42 Å². The SMILES string of the molecule is N[C@@H](Cc1ccc2c(c1)NC(=O)C2=O)C(=O)O. The Labute approximate surface area is 96.4 Å². The van der Waals surface area contributed by atoms with Gasteiger partial charge in [0.2, 0.25) is 0 Å². The number of ketones is 1. The first-order chi connectivity index (χ1) is 7.99. The standard InChI is InChI=1S/C11H10N2O4/c12-7(11(16)17)3-5-1-2-6-8(4-5)13-10(15)9(6)14/h1-2,4,7H,3,12H2,(H,16,17)(H,13,14,15)/t7-/m0/s1. The van der Waals surface area contributed by atoms with E-state index in [0.717, 1.165) is 0 Å². The minimum atomic E-state index is -1.09. The molecule has 6 nitrogen and oxygen atoms in total. The largest absolute Gasteiger partial charge is 0.480 e. The summed E-state index contributed by atoms with van der Waals surface area (Å²) in [5.74, 6) is -2.33. The number of amides is 1. The van der Waals surface area contributed by atoms with Crippen LogP contribution in [0.3, 0.4) is 0 Å². The maximum Gasteiger partial charge on any atom is 0.320 e. The number of Topliss-reactive ketones (excluding diaryl/α,β-unsaturated/α-hetero) is 1. The van der Waals surface area contributed by atoms with Crippen molar-refractivity contribution in [2.75, 3.05) is 5.32 Å². The summed E-state index contributed by atoms with van der Waals surface area (Å²) in [4.78, 5) is 33.0. The molecular weight excluding hydrogens is 224 g/mol. The van der Waals surface area contributed by atoms with E-state index in [9.17, 15) is 14.4 Å². The van der Waals surface area contributed by atoms with Gasteiger partial charge in [0.25, 0.3) is 11.7 Å². The van der Waals surface area contributed by atoms with E-state index in [1.165, 1.54) is 6.07 Å². The maximum atomic E-state index is 11.3. The normalized spacial score (nSPS) is 15.4. The number of anilines is 1. The third-order valence-electron chi connectivity index (χ3n) is 2.56. The van der Waals surface area contributed by atoms with E-state index in [0.29, 0.717) is 16.8 Å². The summed E-state index contributed by atoms with van der Waals surface area (Å²) in [6, 6.07) is 3.67. The number of aliphatic carboxylic acids is 1. The molecule has 17 heavy (non-hydrogen) atoms. The number of benzene rings is 1. The van der Waals surface area contributed by atoms with Gasteiger partial charge >= 0.3 is 5.97 Å². The highest BCUT2D eigenvalue weighted by Crippen LogP contribution is 2.24. The van der Waals surface area contributed by atoms with E-state index in [2.05, 4.69) is 5.32 Å². The molecule has 1 aliphatic heterocycles. The van der Waals surface area contributed by atoms with Crippen molar-refractivity contribution >= 4 is 23.3 Å². The first-order valence-corrected chi connectivity index (χ1v) is 4.96. The van der Waals surface area contributed by atoms with Gasteiger partial charge in [-0.25, -0.2) is 0 Å². The molecule has 4 N–H and O–H groups in total. The molecule has 0 radical (unpaired) electrons. The fourth-order valence-corrected chi connectivity index (χ4v) is 1.66. The Hall–Kier alpha value is -2.21. The fraction of sp³-hybridized carbons (Fsp3) is 0.182. The molecule has 0 unspecified atom stereocenters. The first kappa shape index (κ1) is 11.3. The van der Waals surface area contributed by atoms with Crippen LogP contribution in [0.2, 0.25) is 0 Å². The smallest absolute Gasteiger partial charge is 0.320 e. The third-order valence-corrected chi connectivity index (χ3v) is 2.56. The number of carboxylic acids is 1. The van der Waals surface area contributed by atoms with Crippen molar-refractivity contribution in [3.8, 4) is 0 Å². The topological polar surface area (TPSA) is 109 Å². The Kier molecular flexibility index (Phi) is 2.64. The number of carbonyl (C=O) groups is 3. The molecule has 88 valence electrons. The molecule has 0 bridgehead atoms. The lowest BCUT2D eigenvalue weighted by atomic mass is 10.0. The second-order valence-corrected chi connectivity index (χ2v) is 3.81. The van der Waals surface area contributed by atoms with Crippen molar-refractivity contribution < 1.29 is 19.5 Å². The molecule has 1 aromatic carbocycles. The predicted octanol–water partition coefficient (Wildman–Crippen LogP) is -0.224. The van der Waals surface area contributed by atoms with Crippen LogP contribution in [0.4, 0.5) is 5.69 Å². The van der Waals surface area contributed by atoms with Crippen LogP contribution < -0.4 is 11.1 Å². The van der Waals surface area contributed by atoms with Crippen molar-refractivity contribution in [2.45, 2.75) is 12.5 Å². The third kappa shape index (κ3) is 2.02. The van der Waals surface area contributed by atoms with Gasteiger partial charge in [-0.2, -0.15) is 0 Å². The van der Waals surface area contributed by atoms with Gasteiger partial charge in [0.1, 0.15) is 6.04 Å². The van der Waals surface area contributed by atoms with E-state index in [1.807, 2.05) is 0 Å². The van der Waals surface area contributed by atoms with Crippen molar-refractivity contribution in [2.24, 2.45) is 5.73 Å². The zero-order chi connectivity index (χ0) is 12.6. The Balaban J connectivity index is 2.24. The van der Waals surface area contributed by atoms with Gasteiger partial charge < -0.3 is 16.2 Å². The number of hydrogen-bond donors (Lipinski definition) is 3. The zero-order valence-corrected chi connectivity index (χ0v) is 8.77. The molecular formula is C11H10N2O4. The van der Waals surface area contributed by atoms with Gasteiger partial charge in [0.05, 0.1) is 11.3 Å². The lowest BCUT2D eigenvalue weighted by molar-refractivity contribution is -0.138. The number of nitrogens with two attached hydrogens (primary N) is 1. The van der Waals surface area contributed by atoms with Gasteiger partial charge in [0.15, 0.2) is 0 Å². The second-order valence-electron chi connectivity index (χ2n) is 3.81. The number of nitrogens with one attached hydrogen (secondary N) is 1. The van der Waals surface area contributed by atoms with E-state index >= 15 is 0 Å². The number of rotatable bonds is 3. The second kappa shape index (κ2) is 3.99. The van der Waals surface area contributed by atoms with E-state index in [4.69, 9.17) is 10.8 Å². The molecule has 6 heteroatoms. The molecule has 1 heterocycles. The molecule has 2 rings (SSSR count). The Morgan fingerprint density at radius 1 is 1.41 bits per heavy atom. The van der Waals surface area contributed by atoms with Crippen LogP contribution in [0.1, 0.15) is 15.9 Å². The van der Waals surface area contributed by atoms with Crippen LogP contribution in [0.5, 0.6) is 0 Å². The van der Waals surface area contributed by atoms with Gasteiger partial charge in [0, 0.05) is 0 Å². The van der Waals surface area contributed by atoms with Gasteiger partial charge in [-0.1, -0.05) is 6.07 Å². The first-order valence-electron chi connectivity index (χ1n) is 4.96. The van der Waals surface area contributed by atoms with E-state index < -0.39 is 23.7 Å². The molecule has 1 atom stereocenters. The maximum absolute atomic E-state index is 11.3. The number of carboxylic acid groups (broad SMARTS) is 1. The average molecular weight is 234 g/mol. The van der Waals surface area contributed by atoms with Crippen molar-refractivity contribution in [3.63, 3.8) is 0 Å². The molecule has 0 fully saturated rings. The van der Waals surface area contributed by atoms with Crippen LogP contribution in [0.15, 0.2) is 18.2 Å². The summed E-state index contributed by atoms with van der Waals surface area (Å²) >= 11 is 0. The molecule has 0 saturated carbocycles. The highest BCUT2D eigenvalue weighted by molar-refractivity contribution is 6.51. The summed E-state index contributed by atoms with van der Waals surface area (Å²) in [6.07, 6.45) is 0.146. The highest BCUT2D eigenvalue weighted by Gasteiger charge is 2.28. The lowest BCUT2D eigenvalue weighted by Gasteiger charge is -2.07. The summed E-state index contributed by atoms with van der Waals surface area (Å²) in [6.45, 7) is 0. The number of carbonyl (C=O) groups excluding carboxylic acids is 2. The minimum Gasteiger partial charge on any atom is -0.480 e. The van der Waals surface area contributed by atoms with Gasteiger partial charge in [-0.3, -0.25) is 14.4 Å². The van der Waals surface area contributed by atoms with Gasteiger partial charge in [-0.05, 0) is 24.1 Å². The molecule has 1 aromatic rings. The molecule has 1 amide bonds. The van der Waals surface area contributed by atoms with Crippen LogP contribution in [0, 0.1) is 0 Å². The van der Waals surface area contributed by atoms with Crippen molar-refractivity contribution in [1.29, 1.82) is 0 Å². The Bertz CT molecular complexity index is 524. The van der Waals surface area contributed by atoms with Gasteiger partial charge in [-0.15, -0.1) is 0 Å². The van der Waals surface area contributed by atoms with E-state index in [1.54, 1.807) is 12.1 Å². The highest BCUT2D eigenvalue weighted by atomic mass is 16.4. The van der Waals surface area contributed by atoms with Crippen molar-refractivity contribution in [1.82, 2.24) is 0 Å². The molecule has 0 aromatic heterocycles. The number of hydrogen-bond acceptors (Lipinski definition) is 4. The van der Waals surface area contributed by atoms with Crippen LogP contribution in [0.25, 0.3) is 0 Å². The Morgan fingerprint density at radius 2 is 2.12 bits per heavy atom. The molecule has 0 saturated heterocycles. The fourth-order valence-electron chi connectivity index (χ4n) is 1.66. The molecule has 1 aliphatic rings. The van der Waals surface area contributed by atoms with Crippen LogP contribution in [-0.4, -0.2) is 28.8 Å². The van der Waals surface area contributed by atoms with Crippen molar-refractivity contribution in [3.05, 3.63) is 29.3 Å². The quantitative estimate of drug-likeness (QED) is 0.626. The summed E-state index contributed by atoms with van der Waals surface area (Å²) in [7, 11) is 0. The monoisotopic (exact) mass is 234 g/mol. The lowest BCUT2D eigenvalue weighted by Crippen LogP contribution is -2.32. The predicted molar refractivity (Wildman–Crippen MR) is 58.7 cm³/mol. The van der Waals surface area contributed by atoms with Crippen LogP contribution in [-0.2, 0) is 16.0 Å². The summed E-state index contributed by atoms with van der Waals surface area (Å²) in [5, 5.41) is 11.1. The van der Waals surface area contributed by atoms with Crippen LogP contribution >= 0.6 is 0 Å². The number of fused-ring (bicyclic) bond motifs is 1. The minimum absolute atomic E-state index is 0.146. The summed E-state index contributed by atoms with van der Waals surface area (Å²) in [5.41, 5.74) is 6.78. The average Bonchev–Trinajstić information content (AvgIpc) is 2.54. The molecule has 0 spiro atoms. The zero-order valence-electron chi connectivity index (χ0n) is 8.77. The Morgan fingerprint density at radius 3 is 2.76 bits per heavy atom. The summed E-state index contributed by atoms with van der Waals surface area (Å²) < 4.78 is 0. The molecule has 0 aliphatic carbocycles.